The smallest absolute Gasteiger partial charge is 0.334 e. The molecule has 3 nitrogen and oxygen atoms in total. The van der Waals surface area contributed by atoms with E-state index in [0.29, 0.717) is 6.04 Å². The van der Waals surface area contributed by atoms with Gasteiger partial charge in [-0.25, -0.2) is 0 Å². The number of piperazine rings is 1. The molecule has 0 spiro atoms. The average molecular weight is 304 g/mol. The van der Waals surface area contributed by atoms with Crippen molar-refractivity contribution in [1.29, 1.82) is 0 Å². The second-order valence-corrected chi connectivity index (χ2v) is 7.09. The van der Waals surface area contributed by atoms with Crippen LogP contribution in [0.5, 0.6) is 0 Å². The van der Waals surface area contributed by atoms with Gasteiger partial charge in [0.25, 0.3) is 0 Å². The minimum Gasteiger partial charge on any atom is -0.334 e. The molecule has 2 saturated heterocycles. The van der Waals surface area contributed by atoms with E-state index in [4.69, 9.17) is 0 Å². The number of alkyl halides is 3. The van der Waals surface area contributed by atoms with Gasteiger partial charge in [0.1, 0.15) is 0 Å². The lowest BCUT2D eigenvalue weighted by atomic mass is 9.73. The van der Waals surface area contributed by atoms with E-state index < -0.39 is 18.0 Å². The zero-order valence-electron chi connectivity index (χ0n) is 12.6. The van der Waals surface area contributed by atoms with Gasteiger partial charge in [-0.15, -0.1) is 0 Å². The van der Waals surface area contributed by atoms with Crippen molar-refractivity contribution in [3.05, 3.63) is 0 Å². The lowest BCUT2D eigenvalue weighted by molar-refractivity contribution is -0.207. The summed E-state index contributed by atoms with van der Waals surface area (Å²) < 4.78 is 37.7. The number of halogens is 3. The minimum absolute atomic E-state index is 0.00777. The summed E-state index contributed by atoms with van der Waals surface area (Å²) in [6.07, 6.45) is -2.16. The molecular formula is C15H23F3N2O. The Balaban J connectivity index is 1.60. The summed E-state index contributed by atoms with van der Waals surface area (Å²) >= 11 is 0. The van der Waals surface area contributed by atoms with Gasteiger partial charge < -0.3 is 4.90 Å². The third-order valence-electron chi connectivity index (χ3n) is 5.45. The zero-order valence-corrected chi connectivity index (χ0v) is 12.6. The van der Waals surface area contributed by atoms with Crippen LogP contribution in [0.3, 0.4) is 0 Å². The molecule has 2 atom stereocenters. The van der Waals surface area contributed by atoms with E-state index in [-0.39, 0.29) is 30.8 Å². The summed E-state index contributed by atoms with van der Waals surface area (Å²) in [6.45, 7) is 6.04. The molecule has 2 aliphatic heterocycles. The monoisotopic (exact) mass is 304 g/mol. The van der Waals surface area contributed by atoms with Gasteiger partial charge in [-0.3, -0.25) is 9.69 Å². The van der Waals surface area contributed by atoms with Gasteiger partial charge in [0.05, 0.1) is 5.92 Å². The predicted molar refractivity (Wildman–Crippen MR) is 72.6 cm³/mol. The van der Waals surface area contributed by atoms with Crippen molar-refractivity contribution >= 4 is 5.91 Å². The van der Waals surface area contributed by atoms with Crippen molar-refractivity contribution in [2.45, 2.75) is 63.8 Å². The Labute approximate surface area is 123 Å². The molecule has 1 aliphatic carbocycles. The lowest BCUT2D eigenvalue weighted by Crippen LogP contribution is -2.59. The second-order valence-electron chi connectivity index (χ2n) is 7.09. The van der Waals surface area contributed by atoms with E-state index in [2.05, 4.69) is 18.7 Å². The maximum absolute atomic E-state index is 12.6. The Kier molecular flexibility index (Phi) is 3.71. The average Bonchev–Trinajstić information content (AvgIpc) is 2.55. The molecule has 1 amide bonds. The fraction of sp³-hybridized carbons (Fsp3) is 0.933. The lowest BCUT2D eigenvalue weighted by Gasteiger charge is -2.46. The summed E-state index contributed by atoms with van der Waals surface area (Å²) in [5.41, 5.74) is 0. The largest absolute Gasteiger partial charge is 0.391 e. The maximum Gasteiger partial charge on any atom is 0.391 e. The summed E-state index contributed by atoms with van der Waals surface area (Å²) in [6, 6.07) is 0.885. The highest BCUT2D eigenvalue weighted by atomic mass is 19.4. The molecule has 6 heteroatoms. The molecule has 0 aromatic carbocycles. The van der Waals surface area contributed by atoms with Crippen LogP contribution in [0.15, 0.2) is 0 Å². The van der Waals surface area contributed by atoms with E-state index in [1.807, 2.05) is 4.90 Å². The third kappa shape index (κ3) is 2.67. The van der Waals surface area contributed by atoms with Crippen LogP contribution >= 0.6 is 0 Å². The molecule has 0 N–H and O–H groups in total. The Morgan fingerprint density at radius 3 is 2.05 bits per heavy atom. The molecule has 0 aromatic rings. The number of hydrogen-bond acceptors (Lipinski definition) is 2. The van der Waals surface area contributed by atoms with Crippen molar-refractivity contribution in [3.63, 3.8) is 0 Å². The van der Waals surface area contributed by atoms with Crippen molar-refractivity contribution in [1.82, 2.24) is 9.80 Å². The fourth-order valence-corrected chi connectivity index (χ4v) is 4.01. The van der Waals surface area contributed by atoms with Gasteiger partial charge in [0, 0.05) is 37.1 Å². The molecule has 0 radical (unpaired) electrons. The minimum atomic E-state index is -4.13. The predicted octanol–water partition coefficient (Wildman–Crippen LogP) is 2.66. The van der Waals surface area contributed by atoms with Crippen LogP contribution in [-0.2, 0) is 4.79 Å². The van der Waals surface area contributed by atoms with Crippen LogP contribution < -0.4 is 0 Å². The van der Waals surface area contributed by atoms with E-state index in [1.54, 1.807) is 0 Å². The first kappa shape index (κ1) is 15.1. The highest BCUT2D eigenvalue weighted by Gasteiger charge is 2.53. The molecule has 0 aromatic heterocycles. The van der Waals surface area contributed by atoms with E-state index >= 15 is 0 Å². The molecule has 2 bridgehead atoms. The fourth-order valence-electron chi connectivity index (χ4n) is 4.01. The number of hydrogen-bond donors (Lipinski definition) is 0. The number of fused-ring (bicyclic) bond motifs is 2. The molecule has 2 heterocycles. The standard InChI is InChI=1S/C15H23F3N2O/c1-9(2)19-7-12-3-4-13(8-19)20(12)14(21)10-5-11(6-10)15(16,17)18/h9-13H,3-8H2,1-2H3. The highest BCUT2D eigenvalue weighted by molar-refractivity contribution is 5.81. The van der Waals surface area contributed by atoms with Gasteiger partial charge in [-0.2, -0.15) is 13.2 Å². The first-order valence-electron chi connectivity index (χ1n) is 7.90. The van der Waals surface area contributed by atoms with Gasteiger partial charge in [0.15, 0.2) is 0 Å². The van der Waals surface area contributed by atoms with Gasteiger partial charge in [0.2, 0.25) is 5.91 Å². The SMILES string of the molecule is CC(C)N1CC2CCC(C1)N2C(=O)C1CC(C(F)(F)F)C1. The molecule has 2 unspecified atom stereocenters. The highest BCUT2D eigenvalue weighted by Crippen LogP contribution is 2.46. The summed E-state index contributed by atoms with van der Waals surface area (Å²) in [4.78, 5) is 16.8. The first-order valence-corrected chi connectivity index (χ1v) is 7.90. The summed E-state index contributed by atoms with van der Waals surface area (Å²) in [7, 11) is 0. The van der Waals surface area contributed by atoms with Crippen LogP contribution in [-0.4, -0.2) is 53.1 Å². The van der Waals surface area contributed by atoms with Gasteiger partial charge >= 0.3 is 6.18 Å². The van der Waals surface area contributed by atoms with E-state index in [1.165, 1.54) is 0 Å². The van der Waals surface area contributed by atoms with Crippen LogP contribution in [0.1, 0.15) is 39.5 Å². The van der Waals surface area contributed by atoms with E-state index in [9.17, 15) is 18.0 Å². The number of likely N-dealkylation sites (tertiary alicyclic amines) is 1. The number of carbonyl (C=O) groups excluding carboxylic acids is 1. The van der Waals surface area contributed by atoms with Gasteiger partial charge in [-0.1, -0.05) is 0 Å². The quantitative estimate of drug-likeness (QED) is 0.783. The van der Waals surface area contributed by atoms with Gasteiger partial charge in [-0.05, 0) is 39.5 Å². The van der Waals surface area contributed by atoms with Crippen molar-refractivity contribution in [2.24, 2.45) is 11.8 Å². The Morgan fingerprint density at radius 1 is 1.10 bits per heavy atom. The molecule has 21 heavy (non-hydrogen) atoms. The number of carbonyl (C=O) groups is 1. The normalized spacial score (nSPS) is 37.0. The van der Waals surface area contributed by atoms with Crippen LogP contribution in [0.25, 0.3) is 0 Å². The summed E-state index contributed by atoms with van der Waals surface area (Å²) in [5.74, 6) is -1.68. The molecule has 1 saturated carbocycles. The summed E-state index contributed by atoms with van der Waals surface area (Å²) in [5, 5.41) is 0. The second kappa shape index (κ2) is 5.14. The number of nitrogens with zero attached hydrogens (tertiary/aromatic N) is 2. The molecule has 3 rings (SSSR count). The Hall–Kier alpha value is -0.780. The Bertz CT molecular complexity index is 404. The topological polar surface area (TPSA) is 23.6 Å². The number of amides is 1. The third-order valence-corrected chi connectivity index (χ3v) is 5.45. The molecule has 120 valence electrons. The van der Waals surface area contributed by atoms with Crippen molar-refractivity contribution in [3.8, 4) is 0 Å². The van der Waals surface area contributed by atoms with E-state index in [0.717, 1.165) is 25.9 Å². The number of rotatable bonds is 2. The van der Waals surface area contributed by atoms with Crippen molar-refractivity contribution < 1.29 is 18.0 Å². The van der Waals surface area contributed by atoms with Crippen LogP contribution in [0.4, 0.5) is 13.2 Å². The van der Waals surface area contributed by atoms with Crippen LogP contribution in [0, 0.1) is 11.8 Å². The molecule has 3 aliphatic rings. The maximum atomic E-state index is 12.6. The Morgan fingerprint density at radius 2 is 1.62 bits per heavy atom. The zero-order chi connectivity index (χ0) is 15.4. The van der Waals surface area contributed by atoms with Crippen molar-refractivity contribution in [2.75, 3.05) is 13.1 Å². The molecular weight excluding hydrogens is 281 g/mol. The first-order chi connectivity index (χ1) is 9.77. The van der Waals surface area contributed by atoms with Crippen LogP contribution in [0.2, 0.25) is 0 Å². The molecule has 3 fully saturated rings.